The summed E-state index contributed by atoms with van der Waals surface area (Å²) in [7, 11) is 0. The second-order valence-corrected chi connectivity index (χ2v) is 5.33. The second kappa shape index (κ2) is 5.38. The van der Waals surface area contributed by atoms with Gasteiger partial charge in [-0.05, 0) is 24.1 Å². The molecule has 0 radical (unpaired) electrons. The molecule has 1 saturated heterocycles. The van der Waals surface area contributed by atoms with Crippen LogP contribution in [0.15, 0.2) is 24.3 Å². The van der Waals surface area contributed by atoms with Crippen LogP contribution in [0.1, 0.15) is 19.4 Å². The average molecular weight is 300 g/mol. The Balaban J connectivity index is 2.30. The van der Waals surface area contributed by atoms with Gasteiger partial charge in [0.25, 0.3) is 5.91 Å². The first kappa shape index (κ1) is 15.3. The molecule has 0 aliphatic carbocycles. The third-order valence-electron chi connectivity index (χ3n) is 3.05. The fourth-order valence-corrected chi connectivity index (χ4v) is 2.21. The first-order chi connectivity index (χ1) is 9.70. The molecule has 0 aromatic heterocycles. The van der Waals surface area contributed by atoms with E-state index in [0.29, 0.717) is 6.54 Å². The Kier molecular flexibility index (Phi) is 3.93. The van der Waals surface area contributed by atoms with Gasteiger partial charge in [-0.1, -0.05) is 19.9 Å². The van der Waals surface area contributed by atoms with E-state index in [1.54, 1.807) is 0 Å². The summed E-state index contributed by atoms with van der Waals surface area (Å²) in [5.74, 6) is -0.344. The van der Waals surface area contributed by atoms with Crippen LogP contribution in [-0.2, 0) is 11.0 Å². The summed E-state index contributed by atoms with van der Waals surface area (Å²) in [5.41, 5.74) is -0.936. The molecule has 0 bridgehead atoms. The van der Waals surface area contributed by atoms with E-state index in [9.17, 15) is 22.8 Å². The topological polar surface area (TPSA) is 40.6 Å². The van der Waals surface area contributed by atoms with Crippen LogP contribution in [0.25, 0.3) is 0 Å². The van der Waals surface area contributed by atoms with Gasteiger partial charge >= 0.3 is 12.2 Å². The van der Waals surface area contributed by atoms with Crippen molar-refractivity contribution in [1.82, 2.24) is 4.90 Å². The van der Waals surface area contributed by atoms with Crippen LogP contribution in [0.3, 0.4) is 0 Å². The highest BCUT2D eigenvalue weighted by Gasteiger charge is 2.38. The zero-order valence-electron chi connectivity index (χ0n) is 11.6. The maximum Gasteiger partial charge on any atom is 0.416 e. The van der Waals surface area contributed by atoms with Gasteiger partial charge in [-0.15, -0.1) is 0 Å². The lowest BCUT2D eigenvalue weighted by atomic mass is 10.2. The molecule has 0 N–H and O–H groups in total. The smallest absolute Gasteiger partial charge is 0.314 e. The van der Waals surface area contributed by atoms with Gasteiger partial charge in [-0.3, -0.25) is 4.79 Å². The molecule has 4 nitrogen and oxygen atoms in total. The van der Waals surface area contributed by atoms with Gasteiger partial charge in [-0.2, -0.15) is 13.2 Å². The highest BCUT2D eigenvalue weighted by Crippen LogP contribution is 2.32. The number of imide groups is 1. The van der Waals surface area contributed by atoms with Crippen molar-refractivity contribution >= 4 is 17.6 Å². The maximum absolute atomic E-state index is 12.7. The molecule has 1 aliphatic rings. The lowest BCUT2D eigenvalue weighted by molar-refractivity contribution is -0.137. The highest BCUT2D eigenvalue weighted by atomic mass is 19.4. The maximum atomic E-state index is 12.7. The summed E-state index contributed by atoms with van der Waals surface area (Å²) in [6.07, 6.45) is -4.51. The fraction of sp³-hybridized carbons (Fsp3) is 0.429. The zero-order valence-corrected chi connectivity index (χ0v) is 11.6. The van der Waals surface area contributed by atoms with Gasteiger partial charge in [0.15, 0.2) is 0 Å². The molecule has 114 valence electrons. The molecule has 0 unspecified atom stereocenters. The second-order valence-electron chi connectivity index (χ2n) is 5.33. The van der Waals surface area contributed by atoms with Crippen molar-refractivity contribution in [2.24, 2.45) is 5.92 Å². The minimum atomic E-state index is -4.51. The third-order valence-corrected chi connectivity index (χ3v) is 3.05. The summed E-state index contributed by atoms with van der Waals surface area (Å²) in [4.78, 5) is 26.2. The van der Waals surface area contributed by atoms with Gasteiger partial charge in [0.05, 0.1) is 11.3 Å². The number of hydrogen-bond donors (Lipinski definition) is 0. The number of carbonyl (C=O) groups excluding carboxylic acids is 2. The number of amides is 3. The first-order valence-corrected chi connectivity index (χ1v) is 6.49. The first-order valence-electron chi connectivity index (χ1n) is 6.49. The SMILES string of the molecule is CC(C)CN1CC(=O)N(c2cccc(C(F)(F)F)c2)C1=O. The molecule has 0 saturated carbocycles. The largest absolute Gasteiger partial charge is 0.416 e. The van der Waals surface area contributed by atoms with Gasteiger partial charge < -0.3 is 4.90 Å². The minimum absolute atomic E-state index is 0.0499. The Morgan fingerprint density at radius 1 is 1.24 bits per heavy atom. The minimum Gasteiger partial charge on any atom is -0.314 e. The zero-order chi connectivity index (χ0) is 15.8. The lowest BCUT2D eigenvalue weighted by Gasteiger charge is -2.19. The Morgan fingerprint density at radius 3 is 2.48 bits per heavy atom. The molecule has 0 atom stereocenters. The van der Waals surface area contributed by atoms with E-state index >= 15 is 0 Å². The molecule has 21 heavy (non-hydrogen) atoms. The van der Waals surface area contributed by atoms with Gasteiger partial charge in [0, 0.05) is 6.54 Å². The number of carbonyl (C=O) groups is 2. The van der Waals surface area contributed by atoms with E-state index in [1.807, 2.05) is 13.8 Å². The molecule has 3 amide bonds. The van der Waals surface area contributed by atoms with Crippen LogP contribution in [0, 0.1) is 5.92 Å². The molecule has 0 spiro atoms. The summed E-state index contributed by atoms with van der Waals surface area (Å²) in [6.45, 7) is 4.07. The third kappa shape index (κ3) is 3.17. The molecule has 1 aromatic rings. The average Bonchev–Trinajstić information content (AvgIpc) is 2.63. The Bertz CT molecular complexity index is 570. The monoisotopic (exact) mass is 300 g/mol. The van der Waals surface area contributed by atoms with Crippen LogP contribution in [0.4, 0.5) is 23.7 Å². The molecule has 7 heteroatoms. The summed E-state index contributed by atoms with van der Waals surface area (Å²) in [6, 6.07) is 3.65. The number of benzene rings is 1. The summed E-state index contributed by atoms with van der Waals surface area (Å²) in [5, 5.41) is 0. The van der Waals surface area contributed by atoms with Crippen LogP contribution in [0.5, 0.6) is 0 Å². The Labute approximate surface area is 120 Å². The van der Waals surface area contributed by atoms with Crippen molar-refractivity contribution in [3.05, 3.63) is 29.8 Å². The summed E-state index contributed by atoms with van der Waals surface area (Å²) < 4.78 is 38.1. The highest BCUT2D eigenvalue weighted by molar-refractivity contribution is 6.19. The van der Waals surface area contributed by atoms with Crippen molar-refractivity contribution in [3.8, 4) is 0 Å². The fourth-order valence-electron chi connectivity index (χ4n) is 2.21. The van der Waals surface area contributed by atoms with Gasteiger partial charge in [0.2, 0.25) is 0 Å². The van der Waals surface area contributed by atoms with E-state index in [1.165, 1.54) is 17.0 Å². The summed E-state index contributed by atoms with van der Waals surface area (Å²) >= 11 is 0. The van der Waals surface area contributed by atoms with Crippen LogP contribution in [0.2, 0.25) is 0 Å². The van der Waals surface area contributed by atoms with Gasteiger partial charge in [0.1, 0.15) is 6.54 Å². The molecular formula is C14H15F3N2O2. The number of halogens is 3. The van der Waals surface area contributed by atoms with Crippen LogP contribution >= 0.6 is 0 Å². The van der Waals surface area contributed by atoms with Crippen molar-refractivity contribution in [1.29, 1.82) is 0 Å². The molecule has 2 rings (SSSR count). The number of alkyl halides is 3. The van der Waals surface area contributed by atoms with Crippen molar-refractivity contribution in [2.45, 2.75) is 20.0 Å². The molecule has 1 heterocycles. The predicted octanol–water partition coefficient (Wildman–Crippen LogP) is 3.13. The Hall–Kier alpha value is -2.05. The molecule has 1 aliphatic heterocycles. The lowest BCUT2D eigenvalue weighted by Crippen LogP contribution is -2.34. The molecule has 1 aromatic carbocycles. The number of urea groups is 1. The normalized spacial score (nSPS) is 16.3. The van der Waals surface area contributed by atoms with Crippen molar-refractivity contribution < 1.29 is 22.8 Å². The Morgan fingerprint density at radius 2 is 1.90 bits per heavy atom. The quantitative estimate of drug-likeness (QED) is 0.805. The van der Waals surface area contributed by atoms with Crippen LogP contribution < -0.4 is 4.90 Å². The van der Waals surface area contributed by atoms with E-state index in [2.05, 4.69) is 0 Å². The number of rotatable bonds is 3. The van der Waals surface area contributed by atoms with Crippen molar-refractivity contribution in [2.75, 3.05) is 18.0 Å². The number of anilines is 1. The van der Waals surface area contributed by atoms with E-state index in [4.69, 9.17) is 0 Å². The van der Waals surface area contributed by atoms with E-state index in [-0.39, 0.29) is 18.2 Å². The molecular weight excluding hydrogens is 285 g/mol. The van der Waals surface area contributed by atoms with Crippen LogP contribution in [-0.4, -0.2) is 29.9 Å². The standard InChI is InChI=1S/C14H15F3N2O2/c1-9(2)7-18-8-12(20)19(13(18)21)11-5-3-4-10(6-11)14(15,16)17/h3-6,9H,7-8H2,1-2H3. The number of nitrogens with zero attached hydrogens (tertiary/aromatic N) is 2. The number of hydrogen-bond acceptors (Lipinski definition) is 2. The van der Waals surface area contributed by atoms with E-state index in [0.717, 1.165) is 17.0 Å². The molecule has 1 fully saturated rings. The van der Waals surface area contributed by atoms with Gasteiger partial charge in [-0.25, -0.2) is 9.69 Å². The van der Waals surface area contributed by atoms with E-state index < -0.39 is 23.7 Å². The predicted molar refractivity (Wildman–Crippen MR) is 70.7 cm³/mol. The van der Waals surface area contributed by atoms with Crippen molar-refractivity contribution in [3.63, 3.8) is 0 Å².